The molecule has 1 aromatic heterocycles. The van der Waals surface area contributed by atoms with Gasteiger partial charge in [-0.1, -0.05) is 0 Å². The fraction of sp³-hybridized carbons (Fsp3) is 0.500. The predicted octanol–water partition coefficient (Wildman–Crippen LogP) is 0.114. The molecule has 0 aliphatic carbocycles. The molecule has 0 spiro atoms. The molecule has 0 amide bonds. The zero-order chi connectivity index (χ0) is 8.97. The highest BCUT2D eigenvalue weighted by Crippen LogP contribution is 2.04. The molecule has 68 valence electrons. The molecule has 1 unspecified atom stereocenters. The maximum absolute atomic E-state index is 9.49. The second kappa shape index (κ2) is 4.25. The molecule has 0 bridgehead atoms. The van der Waals surface area contributed by atoms with Gasteiger partial charge >= 0.3 is 0 Å². The fourth-order valence-corrected chi connectivity index (χ4v) is 0.893. The topological polar surface area (TPSA) is 51.3 Å². The van der Waals surface area contributed by atoms with Crippen LogP contribution in [0.2, 0.25) is 0 Å². The van der Waals surface area contributed by atoms with Crippen LogP contribution in [0.5, 0.6) is 0 Å². The highest BCUT2D eigenvalue weighted by Gasteiger charge is 2.05. The van der Waals surface area contributed by atoms with Gasteiger partial charge in [-0.15, -0.1) is 0 Å². The van der Waals surface area contributed by atoms with Crippen molar-refractivity contribution in [2.45, 2.75) is 6.23 Å². The van der Waals surface area contributed by atoms with E-state index in [2.05, 4.69) is 10.3 Å². The van der Waals surface area contributed by atoms with Crippen LogP contribution in [0.4, 0.5) is 0 Å². The molecule has 0 radical (unpaired) electrons. The molecule has 0 aromatic carbocycles. The molecule has 4 heteroatoms. The lowest BCUT2D eigenvalue weighted by molar-refractivity contribution is 0.117. The van der Waals surface area contributed by atoms with Crippen LogP contribution >= 0.6 is 0 Å². The summed E-state index contributed by atoms with van der Waals surface area (Å²) in [6.45, 7) is 0.653. The van der Waals surface area contributed by atoms with Crippen molar-refractivity contribution in [3.63, 3.8) is 0 Å². The van der Waals surface area contributed by atoms with Gasteiger partial charge < -0.3 is 10.1 Å². The summed E-state index contributed by atoms with van der Waals surface area (Å²) in [5.41, 5.74) is 0.789. The number of aliphatic hydroxyl groups is 1. The highest BCUT2D eigenvalue weighted by atomic mass is 16.3. The number of H-pyrrole nitrogens is 1. The summed E-state index contributed by atoms with van der Waals surface area (Å²) in [5, 5.41) is 12.4. The van der Waals surface area contributed by atoms with Crippen LogP contribution in [-0.4, -0.2) is 35.8 Å². The SMILES string of the molecule is CN(C)CNC(O)c1ccc[nH]1. The van der Waals surface area contributed by atoms with Crippen molar-refractivity contribution in [3.8, 4) is 0 Å². The Balaban J connectivity index is 2.34. The van der Waals surface area contributed by atoms with E-state index in [1.165, 1.54) is 0 Å². The Labute approximate surface area is 72.2 Å². The van der Waals surface area contributed by atoms with Gasteiger partial charge in [0.05, 0.1) is 5.69 Å². The van der Waals surface area contributed by atoms with Gasteiger partial charge in [-0.25, -0.2) is 0 Å². The van der Waals surface area contributed by atoms with Gasteiger partial charge in [-0.05, 0) is 26.2 Å². The zero-order valence-electron chi connectivity index (χ0n) is 7.41. The standard InChI is InChI=1S/C8H15N3O/c1-11(2)6-10-8(12)7-4-3-5-9-7/h3-5,8-10,12H,6H2,1-2H3. The van der Waals surface area contributed by atoms with Crippen molar-refractivity contribution in [1.29, 1.82) is 0 Å². The highest BCUT2D eigenvalue weighted by molar-refractivity contribution is 5.05. The third kappa shape index (κ3) is 2.65. The Hall–Kier alpha value is -0.840. The van der Waals surface area contributed by atoms with Crippen molar-refractivity contribution in [2.24, 2.45) is 0 Å². The van der Waals surface area contributed by atoms with Crippen molar-refractivity contribution in [1.82, 2.24) is 15.2 Å². The van der Waals surface area contributed by atoms with E-state index in [0.717, 1.165) is 5.69 Å². The third-order valence-electron chi connectivity index (χ3n) is 1.52. The number of aromatic amines is 1. The van der Waals surface area contributed by atoms with Crippen molar-refractivity contribution in [3.05, 3.63) is 24.0 Å². The summed E-state index contributed by atoms with van der Waals surface area (Å²) < 4.78 is 0. The minimum Gasteiger partial charge on any atom is -0.373 e. The van der Waals surface area contributed by atoms with Crippen LogP contribution in [0, 0.1) is 0 Å². The molecule has 0 aliphatic heterocycles. The average Bonchev–Trinajstić information content (AvgIpc) is 2.51. The number of nitrogens with one attached hydrogen (secondary N) is 2. The summed E-state index contributed by atoms with van der Waals surface area (Å²) in [4.78, 5) is 4.88. The van der Waals surface area contributed by atoms with Crippen LogP contribution in [0.1, 0.15) is 11.9 Å². The number of aromatic nitrogens is 1. The molecule has 0 saturated heterocycles. The summed E-state index contributed by atoms with van der Waals surface area (Å²) in [6.07, 6.45) is 1.18. The maximum atomic E-state index is 9.49. The molecular weight excluding hydrogens is 154 g/mol. The Morgan fingerprint density at radius 1 is 1.67 bits per heavy atom. The Morgan fingerprint density at radius 2 is 2.42 bits per heavy atom. The van der Waals surface area contributed by atoms with Crippen LogP contribution in [0.25, 0.3) is 0 Å². The Morgan fingerprint density at radius 3 is 2.92 bits per heavy atom. The van der Waals surface area contributed by atoms with Crippen molar-refractivity contribution >= 4 is 0 Å². The van der Waals surface area contributed by atoms with E-state index in [0.29, 0.717) is 6.67 Å². The fourth-order valence-electron chi connectivity index (χ4n) is 0.893. The van der Waals surface area contributed by atoms with E-state index in [-0.39, 0.29) is 0 Å². The van der Waals surface area contributed by atoms with E-state index < -0.39 is 6.23 Å². The zero-order valence-corrected chi connectivity index (χ0v) is 7.41. The number of rotatable bonds is 4. The smallest absolute Gasteiger partial charge is 0.146 e. The average molecular weight is 169 g/mol. The molecule has 0 saturated carbocycles. The second-order valence-corrected chi connectivity index (χ2v) is 2.97. The predicted molar refractivity (Wildman–Crippen MR) is 47.4 cm³/mol. The van der Waals surface area contributed by atoms with Gasteiger partial charge in [-0.2, -0.15) is 0 Å². The molecule has 0 aliphatic rings. The van der Waals surface area contributed by atoms with Crippen LogP contribution in [-0.2, 0) is 0 Å². The van der Waals surface area contributed by atoms with Crippen molar-refractivity contribution < 1.29 is 5.11 Å². The van der Waals surface area contributed by atoms with Gasteiger partial charge in [0.25, 0.3) is 0 Å². The van der Waals surface area contributed by atoms with E-state index in [1.54, 1.807) is 6.20 Å². The van der Waals surface area contributed by atoms with Gasteiger partial charge in [0.2, 0.25) is 0 Å². The molecular formula is C8H15N3O. The Kier molecular flexibility index (Phi) is 3.28. The molecule has 1 atom stereocenters. The lowest BCUT2D eigenvalue weighted by atomic mass is 10.4. The van der Waals surface area contributed by atoms with Gasteiger partial charge in [-0.3, -0.25) is 10.2 Å². The maximum Gasteiger partial charge on any atom is 0.146 e. The number of nitrogens with zero attached hydrogens (tertiary/aromatic N) is 1. The number of aliphatic hydroxyl groups excluding tert-OH is 1. The first-order valence-corrected chi connectivity index (χ1v) is 3.89. The van der Waals surface area contributed by atoms with Gasteiger partial charge in [0, 0.05) is 12.9 Å². The summed E-state index contributed by atoms with van der Waals surface area (Å²) in [6, 6.07) is 3.70. The normalized spacial score (nSPS) is 13.7. The number of hydrogen-bond donors (Lipinski definition) is 3. The van der Waals surface area contributed by atoms with Gasteiger partial charge in [0.1, 0.15) is 6.23 Å². The molecule has 3 N–H and O–H groups in total. The summed E-state index contributed by atoms with van der Waals surface area (Å²) >= 11 is 0. The first kappa shape index (κ1) is 9.25. The molecule has 12 heavy (non-hydrogen) atoms. The Bertz CT molecular complexity index is 208. The molecule has 4 nitrogen and oxygen atoms in total. The van der Waals surface area contributed by atoms with E-state index in [4.69, 9.17) is 0 Å². The first-order chi connectivity index (χ1) is 5.70. The quantitative estimate of drug-likeness (QED) is 0.561. The summed E-state index contributed by atoms with van der Waals surface area (Å²) in [5.74, 6) is 0. The summed E-state index contributed by atoms with van der Waals surface area (Å²) in [7, 11) is 3.88. The van der Waals surface area contributed by atoms with Crippen molar-refractivity contribution in [2.75, 3.05) is 20.8 Å². The number of hydrogen-bond acceptors (Lipinski definition) is 3. The monoisotopic (exact) mass is 169 g/mol. The molecule has 1 aromatic rings. The molecule has 0 fully saturated rings. The van der Waals surface area contributed by atoms with Gasteiger partial charge in [0.15, 0.2) is 0 Å². The minimum absolute atomic E-state index is 0.609. The molecule has 1 heterocycles. The van der Waals surface area contributed by atoms with Crippen LogP contribution in [0.3, 0.4) is 0 Å². The van der Waals surface area contributed by atoms with E-state index >= 15 is 0 Å². The van der Waals surface area contributed by atoms with Crippen LogP contribution in [0.15, 0.2) is 18.3 Å². The van der Waals surface area contributed by atoms with Crippen LogP contribution < -0.4 is 5.32 Å². The lowest BCUT2D eigenvalue weighted by Gasteiger charge is -2.15. The largest absolute Gasteiger partial charge is 0.373 e. The van der Waals surface area contributed by atoms with E-state index in [1.807, 2.05) is 31.1 Å². The van der Waals surface area contributed by atoms with E-state index in [9.17, 15) is 5.11 Å². The molecule has 1 rings (SSSR count). The lowest BCUT2D eigenvalue weighted by Crippen LogP contribution is -2.31. The first-order valence-electron chi connectivity index (χ1n) is 3.89. The minimum atomic E-state index is -0.609. The third-order valence-corrected chi connectivity index (χ3v) is 1.52. The second-order valence-electron chi connectivity index (χ2n) is 2.97.